The van der Waals surface area contributed by atoms with Crippen LogP contribution < -0.4 is 4.90 Å². The van der Waals surface area contributed by atoms with E-state index in [1.54, 1.807) is 22.5 Å². The Morgan fingerprint density at radius 1 is 0.962 bits per heavy atom. The van der Waals surface area contributed by atoms with Gasteiger partial charge in [0.1, 0.15) is 0 Å². The molecule has 1 aliphatic rings. The normalized spacial score (nSPS) is 16.3. The number of benzene rings is 2. The Labute approximate surface area is 161 Å². The number of hydrogen-bond donors (Lipinski definition) is 0. The van der Waals surface area contributed by atoms with Crippen molar-refractivity contribution in [3.63, 3.8) is 0 Å². The van der Waals surface area contributed by atoms with Crippen LogP contribution in [0.1, 0.15) is 30.9 Å². The van der Waals surface area contributed by atoms with Gasteiger partial charge in [-0.15, -0.1) is 0 Å². The lowest BCUT2D eigenvalue weighted by Gasteiger charge is -2.35. The van der Waals surface area contributed by atoms with Crippen molar-refractivity contribution < 1.29 is 8.42 Å². The summed E-state index contributed by atoms with van der Waals surface area (Å²) in [6.45, 7) is 8.51. The van der Waals surface area contributed by atoms with Gasteiger partial charge in [-0.25, -0.2) is 8.42 Å². The molecule has 4 nitrogen and oxygen atoms in total. The van der Waals surface area contributed by atoms with Crippen LogP contribution >= 0.6 is 11.6 Å². The van der Waals surface area contributed by atoms with Crippen molar-refractivity contribution in [2.45, 2.75) is 31.6 Å². The van der Waals surface area contributed by atoms with Gasteiger partial charge in [-0.3, -0.25) is 0 Å². The van der Waals surface area contributed by atoms with Crippen molar-refractivity contribution in [3.05, 3.63) is 58.6 Å². The molecule has 0 N–H and O–H groups in total. The highest BCUT2D eigenvalue weighted by molar-refractivity contribution is 7.89. The minimum atomic E-state index is -3.48. The van der Waals surface area contributed by atoms with Gasteiger partial charge < -0.3 is 4.90 Å². The predicted octanol–water partition coefficient (Wildman–Crippen LogP) is 4.28. The summed E-state index contributed by atoms with van der Waals surface area (Å²) in [7, 11) is -3.48. The van der Waals surface area contributed by atoms with E-state index < -0.39 is 10.0 Å². The molecule has 0 aromatic heterocycles. The third kappa shape index (κ3) is 3.90. The Morgan fingerprint density at radius 3 is 2.12 bits per heavy atom. The van der Waals surface area contributed by atoms with Gasteiger partial charge >= 0.3 is 0 Å². The molecular formula is C20H25ClN2O2S. The maximum absolute atomic E-state index is 12.9. The van der Waals surface area contributed by atoms with E-state index in [1.165, 1.54) is 5.56 Å². The molecule has 2 aromatic rings. The van der Waals surface area contributed by atoms with Crippen LogP contribution in [0.25, 0.3) is 0 Å². The molecule has 0 saturated carbocycles. The Kier molecular flexibility index (Phi) is 5.61. The standard InChI is InChI=1S/C20H25ClN2O2S/c1-15(2)17-4-6-18(7-5-17)22-10-12-23(13-11-22)26(24,25)19-8-9-20(21)16(3)14-19/h4-9,14-15H,10-13H2,1-3H3. The second-order valence-corrected chi connectivity index (χ2v) is 9.39. The zero-order valence-corrected chi connectivity index (χ0v) is 17.0. The lowest BCUT2D eigenvalue weighted by molar-refractivity contribution is 0.385. The molecule has 0 amide bonds. The van der Waals surface area contributed by atoms with Crippen molar-refractivity contribution in [1.29, 1.82) is 0 Å². The van der Waals surface area contributed by atoms with Gasteiger partial charge in [0, 0.05) is 36.9 Å². The van der Waals surface area contributed by atoms with Crippen LogP contribution in [0.5, 0.6) is 0 Å². The first-order valence-electron chi connectivity index (χ1n) is 8.90. The number of hydrogen-bond acceptors (Lipinski definition) is 3. The Bertz CT molecular complexity index is 871. The molecule has 1 aliphatic heterocycles. The van der Waals surface area contributed by atoms with Gasteiger partial charge in [0.15, 0.2) is 0 Å². The minimum Gasteiger partial charge on any atom is -0.369 e. The van der Waals surface area contributed by atoms with E-state index in [9.17, 15) is 8.42 Å². The largest absolute Gasteiger partial charge is 0.369 e. The number of rotatable bonds is 4. The molecule has 2 aromatic carbocycles. The second kappa shape index (κ2) is 7.59. The average molecular weight is 393 g/mol. The average Bonchev–Trinajstić information content (AvgIpc) is 2.64. The first-order chi connectivity index (χ1) is 12.3. The van der Waals surface area contributed by atoms with E-state index in [0.717, 1.165) is 11.3 Å². The Balaban J connectivity index is 1.70. The smallest absolute Gasteiger partial charge is 0.243 e. The maximum Gasteiger partial charge on any atom is 0.243 e. The zero-order chi connectivity index (χ0) is 18.9. The van der Waals surface area contributed by atoms with Crippen LogP contribution in [0, 0.1) is 6.92 Å². The van der Waals surface area contributed by atoms with Gasteiger partial charge in [-0.2, -0.15) is 4.31 Å². The molecule has 26 heavy (non-hydrogen) atoms. The molecule has 0 atom stereocenters. The fourth-order valence-corrected chi connectivity index (χ4v) is 4.81. The minimum absolute atomic E-state index is 0.314. The molecule has 1 heterocycles. The predicted molar refractivity (Wildman–Crippen MR) is 108 cm³/mol. The van der Waals surface area contributed by atoms with Crippen LogP contribution in [0.3, 0.4) is 0 Å². The molecule has 1 fully saturated rings. The van der Waals surface area contributed by atoms with E-state index in [2.05, 4.69) is 43.0 Å². The molecular weight excluding hydrogens is 368 g/mol. The van der Waals surface area contributed by atoms with Crippen LogP contribution in [0.4, 0.5) is 5.69 Å². The highest BCUT2D eigenvalue weighted by atomic mass is 35.5. The first kappa shape index (κ1) is 19.2. The van der Waals surface area contributed by atoms with Crippen molar-refractivity contribution in [2.24, 2.45) is 0 Å². The van der Waals surface area contributed by atoms with Gasteiger partial charge in [0.05, 0.1) is 4.90 Å². The van der Waals surface area contributed by atoms with Crippen molar-refractivity contribution in [3.8, 4) is 0 Å². The van der Waals surface area contributed by atoms with E-state index in [-0.39, 0.29) is 0 Å². The van der Waals surface area contributed by atoms with Crippen LogP contribution in [-0.4, -0.2) is 38.9 Å². The van der Waals surface area contributed by atoms with Gasteiger partial charge in [-0.05, 0) is 54.3 Å². The number of piperazine rings is 1. The van der Waals surface area contributed by atoms with E-state index in [4.69, 9.17) is 11.6 Å². The van der Waals surface area contributed by atoms with Gasteiger partial charge in [0.25, 0.3) is 0 Å². The molecule has 6 heteroatoms. The zero-order valence-electron chi connectivity index (χ0n) is 15.4. The quantitative estimate of drug-likeness (QED) is 0.779. The maximum atomic E-state index is 12.9. The monoisotopic (exact) mass is 392 g/mol. The summed E-state index contributed by atoms with van der Waals surface area (Å²) in [6.07, 6.45) is 0. The highest BCUT2D eigenvalue weighted by Gasteiger charge is 2.28. The molecule has 0 aliphatic carbocycles. The number of sulfonamides is 1. The lowest BCUT2D eigenvalue weighted by atomic mass is 10.0. The summed E-state index contributed by atoms with van der Waals surface area (Å²) in [4.78, 5) is 2.55. The van der Waals surface area contributed by atoms with E-state index >= 15 is 0 Å². The Hall–Kier alpha value is -1.56. The summed E-state index contributed by atoms with van der Waals surface area (Å²) < 4.78 is 27.3. The summed E-state index contributed by atoms with van der Waals surface area (Å²) in [5.74, 6) is 0.508. The third-order valence-corrected chi connectivity index (χ3v) is 7.25. The lowest BCUT2D eigenvalue weighted by Crippen LogP contribution is -2.48. The van der Waals surface area contributed by atoms with Crippen molar-refractivity contribution in [1.82, 2.24) is 4.31 Å². The highest BCUT2D eigenvalue weighted by Crippen LogP contribution is 2.25. The van der Waals surface area contributed by atoms with Gasteiger partial charge in [0.2, 0.25) is 10.0 Å². The first-order valence-corrected chi connectivity index (χ1v) is 10.7. The molecule has 1 saturated heterocycles. The second-order valence-electron chi connectivity index (χ2n) is 7.05. The van der Waals surface area contributed by atoms with E-state index in [1.807, 2.05) is 6.92 Å². The van der Waals surface area contributed by atoms with Crippen LogP contribution in [-0.2, 0) is 10.0 Å². The molecule has 3 rings (SSSR count). The van der Waals surface area contributed by atoms with Crippen molar-refractivity contribution in [2.75, 3.05) is 31.1 Å². The molecule has 0 unspecified atom stereocenters. The molecule has 0 bridgehead atoms. The Morgan fingerprint density at radius 2 is 1.58 bits per heavy atom. The summed E-state index contributed by atoms with van der Waals surface area (Å²) in [5, 5.41) is 0.582. The van der Waals surface area contributed by atoms with Gasteiger partial charge in [-0.1, -0.05) is 37.6 Å². The number of aryl methyl sites for hydroxylation is 1. The summed E-state index contributed by atoms with van der Waals surface area (Å²) in [5.41, 5.74) is 3.23. The number of halogens is 1. The SMILES string of the molecule is Cc1cc(S(=O)(=O)N2CCN(c3ccc(C(C)C)cc3)CC2)ccc1Cl. The number of anilines is 1. The molecule has 0 radical (unpaired) electrons. The summed E-state index contributed by atoms with van der Waals surface area (Å²) >= 11 is 6.02. The molecule has 0 spiro atoms. The van der Waals surface area contributed by atoms with Crippen LogP contribution in [0.2, 0.25) is 5.02 Å². The van der Waals surface area contributed by atoms with Crippen molar-refractivity contribution >= 4 is 27.3 Å². The number of nitrogens with zero attached hydrogens (tertiary/aromatic N) is 2. The topological polar surface area (TPSA) is 40.6 Å². The fourth-order valence-electron chi connectivity index (χ4n) is 3.18. The fraction of sp³-hybridized carbons (Fsp3) is 0.400. The molecule has 140 valence electrons. The summed E-state index contributed by atoms with van der Waals surface area (Å²) in [6, 6.07) is 13.4. The van der Waals surface area contributed by atoms with Crippen LogP contribution in [0.15, 0.2) is 47.4 Å². The van der Waals surface area contributed by atoms with E-state index in [0.29, 0.717) is 42.0 Å². The third-order valence-electron chi connectivity index (χ3n) is 4.93.